The first-order valence-corrected chi connectivity index (χ1v) is 5.03. The molecule has 0 spiro atoms. The van der Waals surface area contributed by atoms with Crippen LogP contribution >= 0.6 is 0 Å². The zero-order valence-electron chi connectivity index (χ0n) is 9.03. The van der Waals surface area contributed by atoms with Gasteiger partial charge in [0.1, 0.15) is 5.75 Å². The number of carbonyl (C=O) groups is 1. The largest absolute Gasteiger partial charge is 0.505 e. The molecule has 1 heterocycles. The van der Waals surface area contributed by atoms with E-state index in [4.69, 9.17) is 0 Å². The molecule has 0 saturated carbocycles. The number of aromatic nitrogens is 1. The molecule has 1 aromatic rings. The van der Waals surface area contributed by atoms with Crippen molar-refractivity contribution in [1.29, 1.82) is 0 Å². The highest BCUT2D eigenvalue weighted by Crippen LogP contribution is 2.11. The van der Waals surface area contributed by atoms with Gasteiger partial charge in [0.15, 0.2) is 5.69 Å². The van der Waals surface area contributed by atoms with Gasteiger partial charge in [0.25, 0.3) is 5.91 Å². The summed E-state index contributed by atoms with van der Waals surface area (Å²) in [6.45, 7) is 4.78. The van der Waals surface area contributed by atoms with Gasteiger partial charge in [0.2, 0.25) is 0 Å². The van der Waals surface area contributed by atoms with E-state index in [1.807, 2.05) is 0 Å². The lowest BCUT2D eigenvalue weighted by Gasteiger charge is -2.07. The van der Waals surface area contributed by atoms with Crippen molar-refractivity contribution in [3.8, 4) is 5.75 Å². The Morgan fingerprint density at radius 2 is 2.33 bits per heavy atom. The zero-order chi connectivity index (χ0) is 11.3. The van der Waals surface area contributed by atoms with E-state index in [1.54, 1.807) is 6.07 Å². The molecule has 4 nitrogen and oxygen atoms in total. The molecule has 2 N–H and O–H groups in total. The summed E-state index contributed by atoms with van der Waals surface area (Å²) < 4.78 is 0. The van der Waals surface area contributed by atoms with Crippen LogP contribution in [0, 0.1) is 5.92 Å². The maximum Gasteiger partial charge on any atom is 0.273 e. The smallest absolute Gasteiger partial charge is 0.273 e. The lowest BCUT2D eigenvalue weighted by atomic mass is 10.1. The Bertz CT molecular complexity index is 337. The summed E-state index contributed by atoms with van der Waals surface area (Å²) in [7, 11) is 0. The van der Waals surface area contributed by atoms with Crippen LogP contribution in [0.4, 0.5) is 0 Å². The molecule has 0 aliphatic rings. The van der Waals surface area contributed by atoms with Crippen LogP contribution in [0.15, 0.2) is 18.3 Å². The number of amides is 1. The predicted molar refractivity (Wildman–Crippen MR) is 57.7 cm³/mol. The normalized spacial score (nSPS) is 10.3. The van der Waals surface area contributed by atoms with E-state index < -0.39 is 0 Å². The van der Waals surface area contributed by atoms with Crippen molar-refractivity contribution < 1.29 is 9.90 Å². The zero-order valence-corrected chi connectivity index (χ0v) is 9.03. The van der Waals surface area contributed by atoms with Crippen LogP contribution in [-0.2, 0) is 0 Å². The van der Waals surface area contributed by atoms with E-state index in [1.165, 1.54) is 12.3 Å². The van der Waals surface area contributed by atoms with Crippen LogP contribution in [0.5, 0.6) is 5.75 Å². The highest BCUT2D eigenvalue weighted by atomic mass is 16.3. The molecule has 0 bridgehead atoms. The Kier molecular flexibility index (Phi) is 4.09. The van der Waals surface area contributed by atoms with E-state index in [0.29, 0.717) is 12.5 Å². The summed E-state index contributed by atoms with van der Waals surface area (Å²) in [5.41, 5.74) is 0.0845. The Balaban J connectivity index is 2.51. The second-order valence-corrected chi connectivity index (χ2v) is 3.81. The van der Waals surface area contributed by atoms with Crippen LogP contribution < -0.4 is 5.32 Å². The third kappa shape index (κ3) is 3.58. The minimum Gasteiger partial charge on any atom is -0.505 e. The molecule has 0 fully saturated rings. The Labute approximate surface area is 89.3 Å². The molecule has 1 amide bonds. The highest BCUT2D eigenvalue weighted by Gasteiger charge is 2.10. The Morgan fingerprint density at radius 3 is 2.93 bits per heavy atom. The van der Waals surface area contributed by atoms with Gasteiger partial charge in [0, 0.05) is 12.7 Å². The van der Waals surface area contributed by atoms with Crippen LogP contribution in [-0.4, -0.2) is 22.5 Å². The second-order valence-electron chi connectivity index (χ2n) is 3.81. The Hall–Kier alpha value is -1.58. The SMILES string of the molecule is CC(C)CCNC(=O)c1ncccc1O. The van der Waals surface area contributed by atoms with Crippen LogP contribution in [0.3, 0.4) is 0 Å². The van der Waals surface area contributed by atoms with Crippen molar-refractivity contribution in [2.24, 2.45) is 5.92 Å². The number of carbonyl (C=O) groups excluding carboxylic acids is 1. The summed E-state index contributed by atoms with van der Waals surface area (Å²) in [4.78, 5) is 15.3. The first kappa shape index (κ1) is 11.5. The number of rotatable bonds is 4. The first-order valence-electron chi connectivity index (χ1n) is 5.03. The molecule has 0 aliphatic carbocycles. The van der Waals surface area contributed by atoms with E-state index >= 15 is 0 Å². The number of hydrogen-bond donors (Lipinski definition) is 2. The molecule has 1 aromatic heterocycles. The summed E-state index contributed by atoms with van der Waals surface area (Å²) >= 11 is 0. The average molecular weight is 208 g/mol. The van der Waals surface area contributed by atoms with Gasteiger partial charge in [-0.05, 0) is 24.5 Å². The molecule has 0 unspecified atom stereocenters. The monoisotopic (exact) mass is 208 g/mol. The van der Waals surface area contributed by atoms with Crippen molar-refractivity contribution in [3.05, 3.63) is 24.0 Å². The van der Waals surface area contributed by atoms with Gasteiger partial charge in [-0.1, -0.05) is 13.8 Å². The minimum absolute atomic E-state index is 0.0838. The van der Waals surface area contributed by atoms with Gasteiger partial charge in [-0.2, -0.15) is 0 Å². The van der Waals surface area contributed by atoms with Crippen molar-refractivity contribution >= 4 is 5.91 Å². The highest BCUT2D eigenvalue weighted by molar-refractivity contribution is 5.94. The van der Waals surface area contributed by atoms with Crippen molar-refractivity contribution in [2.75, 3.05) is 6.54 Å². The molecule has 0 saturated heterocycles. The van der Waals surface area contributed by atoms with Gasteiger partial charge in [-0.15, -0.1) is 0 Å². The maximum atomic E-state index is 11.5. The number of nitrogens with one attached hydrogen (secondary N) is 1. The molecule has 82 valence electrons. The Morgan fingerprint density at radius 1 is 1.60 bits per heavy atom. The quantitative estimate of drug-likeness (QED) is 0.789. The summed E-state index contributed by atoms with van der Waals surface area (Å²) in [6.07, 6.45) is 2.40. The first-order chi connectivity index (χ1) is 7.11. The van der Waals surface area contributed by atoms with Crippen LogP contribution in [0.1, 0.15) is 30.8 Å². The summed E-state index contributed by atoms with van der Waals surface area (Å²) in [5.74, 6) is 0.135. The van der Waals surface area contributed by atoms with Gasteiger partial charge in [-0.3, -0.25) is 4.79 Å². The number of pyridine rings is 1. The van der Waals surface area contributed by atoms with Gasteiger partial charge in [-0.25, -0.2) is 4.98 Å². The van der Waals surface area contributed by atoms with Crippen molar-refractivity contribution in [3.63, 3.8) is 0 Å². The molecule has 0 radical (unpaired) electrons. The lowest BCUT2D eigenvalue weighted by Crippen LogP contribution is -2.26. The molecular weight excluding hydrogens is 192 g/mol. The number of hydrogen-bond acceptors (Lipinski definition) is 3. The second kappa shape index (κ2) is 5.34. The standard InChI is InChI=1S/C11H16N2O2/c1-8(2)5-7-13-11(15)10-9(14)4-3-6-12-10/h3-4,6,8,14H,5,7H2,1-2H3,(H,13,15). The third-order valence-corrected chi connectivity index (χ3v) is 2.01. The fraction of sp³-hybridized carbons (Fsp3) is 0.455. The lowest BCUT2D eigenvalue weighted by molar-refractivity contribution is 0.0944. The molecule has 0 atom stereocenters. The van der Waals surface area contributed by atoms with E-state index in [2.05, 4.69) is 24.1 Å². The third-order valence-electron chi connectivity index (χ3n) is 2.01. The van der Waals surface area contributed by atoms with Crippen LogP contribution in [0.25, 0.3) is 0 Å². The fourth-order valence-electron chi connectivity index (χ4n) is 1.13. The summed E-state index contributed by atoms with van der Waals surface area (Å²) in [5, 5.41) is 12.1. The molecule has 0 aromatic carbocycles. The topological polar surface area (TPSA) is 62.2 Å². The molecular formula is C11H16N2O2. The maximum absolute atomic E-state index is 11.5. The van der Waals surface area contributed by atoms with Crippen LogP contribution in [0.2, 0.25) is 0 Å². The van der Waals surface area contributed by atoms with E-state index in [0.717, 1.165) is 6.42 Å². The predicted octanol–water partition coefficient (Wildman–Crippen LogP) is 1.56. The molecule has 15 heavy (non-hydrogen) atoms. The number of nitrogens with zero attached hydrogens (tertiary/aromatic N) is 1. The molecule has 4 heteroatoms. The minimum atomic E-state index is -0.325. The molecule has 1 rings (SSSR count). The van der Waals surface area contributed by atoms with Crippen molar-refractivity contribution in [1.82, 2.24) is 10.3 Å². The van der Waals surface area contributed by atoms with E-state index in [9.17, 15) is 9.90 Å². The van der Waals surface area contributed by atoms with Gasteiger partial charge < -0.3 is 10.4 Å². The van der Waals surface area contributed by atoms with E-state index in [-0.39, 0.29) is 17.4 Å². The summed E-state index contributed by atoms with van der Waals surface area (Å²) in [6, 6.07) is 3.03. The van der Waals surface area contributed by atoms with Gasteiger partial charge in [0.05, 0.1) is 0 Å². The average Bonchev–Trinajstić information content (AvgIpc) is 2.17. The fourth-order valence-corrected chi connectivity index (χ4v) is 1.13. The number of aromatic hydroxyl groups is 1. The van der Waals surface area contributed by atoms with Crippen molar-refractivity contribution in [2.45, 2.75) is 20.3 Å². The van der Waals surface area contributed by atoms with Gasteiger partial charge >= 0.3 is 0 Å². The molecule has 0 aliphatic heterocycles.